The average Bonchev–Trinajstić information content (AvgIpc) is 2.81. The summed E-state index contributed by atoms with van der Waals surface area (Å²) < 4.78 is 13.6. The summed E-state index contributed by atoms with van der Waals surface area (Å²) in [5, 5.41) is 8.72. The van der Waals surface area contributed by atoms with Crippen molar-refractivity contribution in [3.63, 3.8) is 0 Å². The molecular weight excluding hydrogens is 305 g/mol. The molecule has 1 aromatic carbocycles. The number of halogens is 2. The summed E-state index contributed by atoms with van der Waals surface area (Å²) in [7, 11) is 0. The molecule has 92 valence electrons. The molecule has 0 atom stereocenters. The molecule has 0 unspecified atom stereocenters. The lowest BCUT2D eigenvalue weighted by Crippen LogP contribution is -2.01. The van der Waals surface area contributed by atoms with Crippen molar-refractivity contribution in [1.29, 1.82) is 0 Å². The predicted molar refractivity (Wildman–Crippen MR) is 65.3 cm³/mol. The maximum absolute atomic E-state index is 13.3. The van der Waals surface area contributed by atoms with Crippen LogP contribution in [0.5, 0.6) is 0 Å². The number of aromatic carboxylic acids is 1. The van der Waals surface area contributed by atoms with Gasteiger partial charge >= 0.3 is 5.97 Å². The third-order valence-electron chi connectivity index (χ3n) is 2.36. The highest BCUT2D eigenvalue weighted by Gasteiger charge is 2.15. The van der Waals surface area contributed by atoms with E-state index in [0.29, 0.717) is 0 Å². The number of benzene rings is 1. The molecule has 0 spiro atoms. The lowest BCUT2D eigenvalue weighted by atomic mass is 10.1. The first kappa shape index (κ1) is 12.5. The van der Waals surface area contributed by atoms with Crippen LogP contribution in [-0.2, 0) is 0 Å². The van der Waals surface area contributed by atoms with Crippen molar-refractivity contribution in [2.24, 2.45) is 0 Å². The highest BCUT2D eigenvalue weighted by atomic mass is 79.9. The number of hydrogen-bond acceptors (Lipinski definition) is 2. The highest BCUT2D eigenvalue weighted by molar-refractivity contribution is 9.10. The molecule has 18 heavy (non-hydrogen) atoms. The maximum Gasteiger partial charge on any atom is 0.352 e. The molecule has 0 aliphatic rings. The van der Waals surface area contributed by atoms with E-state index >= 15 is 0 Å². The Kier molecular flexibility index (Phi) is 3.29. The number of carboxylic acid groups (broad SMARTS) is 1. The van der Waals surface area contributed by atoms with Gasteiger partial charge in [-0.2, -0.15) is 0 Å². The zero-order valence-corrected chi connectivity index (χ0v) is 10.5. The predicted octanol–water partition coefficient (Wildman–Crippen LogP) is 2.85. The zero-order valence-electron chi connectivity index (χ0n) is 8.91. The summed E-state index contributed by atoms with van der Waals surface area (Å²) >= 11 is 2.99. The molecule has 0 radical (unpaired) electrons. The number of H-pyrrole nitrogens is 1. The summed E-state index contributed by atoms with van der Waals surface area (Å²) in [5.74, 6) is -2.14. The molecule has 2 N–H and O–H groups in total. The monoisotopic (exact) mass is 311 g/mol. The summed E-state index contributed by atoms with van der Waals surface area (Å²) in [6, 6.07) is 5.20. The SMILES string of the molecule is O=C(c1c[nH]c(C(=O)O)c1)c1ccc(Br)c(F)c1. The minimum absolute atomic E-state index is 0.0871. The van der Waals surface area contributed by atoms with E-state index in [1.807, 2.05) is 0 Å². The molecular formula is C12H7BrFNO3. The van der Waals surface area contributed by atoms with Gasteiger partial charge in [0, 0.05) is 17.3 Å². The quantitative estimate of drug-likeness (QED) is 0.856. The molecule has 2 rings (SSSR count). The van der Waals surface area contributed by atoms with Crippen LogP contribution in [0.4, 0.5) is 4.39 Å². The Hall–Kier alpha value is -1.95. The highest BCUT2D eigenvalue weighted by Crippen LogP contribution is 2.19. The molecule has 1 heterocycles. The van der Waals surface area contributed by atoms with E-state index in [1.54, 1.807) is 0 Å². The van der Waals surface area contributed by atoms with Gasteiger partial charge in [0.15, 0.2) is 5.78 Å². The van der Waals surface area contributed by atoms with Crippen LogP contribution in [0.25, 0.3) is 0 Å². The summed E-state index contributed by atoms with van der Waals surface area (Å²) in [5.41, 5.74) is 0.247. The van der Waals surface area contributed by atoms with E-state index < -0.39 is 17.6 Å². The van der Waals surface area contributed by atoms with Crippen LogP contribution in [0.3, 0.4) is 0 Å². The van der Waals surface area contributed by atoms with Crippen molar-refractivity contribution in [1.82, 2.24) is 4.98 Å². The third kappa shape index (κ3) is 2.33. The van der Waals surface area contributed by atoms with Crippen LogP contribution in [0.1, 0.15) is 26.4 Å². The Balaban J connectivity index is 2.35. The summed E-state index contributed by atoms with van der Waals surface area (Å²) in [4.78, 5) is 25.1. The van der Waals surface area contributed by atoms with E-state index in [0.717, 1.165) is 6.07 Å². The second kappa shape index (κ2) is 4.73. The number of aromatic nitrogens is 1. The van der Waals surface area contributed by atoms with Gasteiger partial charge in [-0.25, -0.2) is 9.18 Å². The molecule has 0 saturated heterocycles. The van der Waals surface area contributed by atoms with Crippen molar-refractivity contribution in [2.75, 3.05) is 0 Å². The zero-order chi connectivity index (χ0) is 13.3. The Morgan fingerprint density at radius 1 is 1.22 bits per heavy atom. The van der Waals surface area contributed by atoms with Gasteiger partial charge in [0.2, 0.25) is 0 Å². The Morgan fingerprint density at radius 3 is 2.50 bits per heavy atom. The van der Waals surface area contributed by atoms with Gasteiger partial charge in [0.25, 0.3) is 0 Å². The Labute approximate surface area is 110 Å². The van der Waals surface area contributed by atoms with Crippen LogP contribution in [-0.4, -0.2) is 21.8 Å². The first-order valence-corrected chi connectivity index (χ1v) is 5.70. The molecule has 0 aliphatic carbocycles. The Bertz CT molecular complexity index is 636. The lowest BCUT2D eigenvalue weighted by Gasteiger charge is -1.99. The fourth-order valence-electron chi connectivity index (χ4n) is 1.45. The topological polar surface area (TPSA) is 70.2 Å². The van der Waals surface area contributed by atoms with E-state index in [-0.39, 0.29) is 21.3 Å². The third-order valence-corrected chi connectivity index (χ3v) is 3.00. The smallest absolute Gasteiger partial charge is 0.352 e. The second-order valence-electron chi connectivity index (χ2n) is 3.57. The van der Waals surface area contributed by atoms with Gasteiger partial charge in [0.05, 0.1) is 4.47 Å². The van der Waals surface area contributed by atoms with Crippen LogP contribution >= 0.6 is 15.9 Å². The first-order valence-electron chi connectivity index (χ1n) is 4.90. The van der Waals surface area contributed by atoms with Crippen LogP contribution in [0, 0.1) is 5.82 Å². The van der Waals surface area contributed by atoms with Crippen LogP contribution in [0.15, 0.2) is 34.9 Å². The molecule has 1 aromatic heterocycles. The Morgan fingerprint density at radius 2 is 1.94 bits per heavy atom. The molecule has 2 aromatic rings. The van der Waals surface area contributed by atoms with Crippen LogP contribution in [0.2, 0.25) is 0 Å². The van der Waals surface area contributed by atoms with Crippen molar-refractivity contribution in [2.45, 2.75) is 0 Å². The largest absolute Gasteiger partial charge is 0.477 e. The van der Waals surface area contributed by atoms with Crippen molar-refractivity contribution in [3.05, 3.63) is 57.6 Å². The molecule has 0 amide bonds. The fourth-order valence-corrected chi connectivity index (χ4v) is 1.70. The summed E-state index contributed by atoms with van der Waals surface area (Å²) in [6.07, 6.45) is 1.28. The molecule has 4 nitrogen and oxygen atoms in total. The molecule has 0 aliphatic heterocycles. The first-order chi connectivity index (χ1) is 8.49. The minimum atomic E-state index is -1.16. The van der Waals surface area contributed by atoms with E-state index in [9.17, 15) is 14.0 Å². The van der Waals surface area contributed by atoms with Crippen molar-refractivity contribution < 1.29 is 19.1 Å². The number of aromatic amines is 1. The standard InChI is InChI=1S/C12H7BrFNO3/c13-8-2-1-6(3-9(8)14)11(16)7-4-10(12(17)18)15-5-7/h1-5,15H,(H,17,18). The van der Waals surface area contributed by atoms with Crippen LogP contribution < -0.4 is 0 Å². The van der Waals surface area contributed by atoms with E-state index in [4.69, 9.17) is 5.11 Å². The van der Waals surface area contributed by atoms with Crippen molar-refractivity contribution in [3.8, 4) is 0 Å². The van der Waals surface area contributed by atoms with Crippen molar-refractivity contribution >= 4 is 27.7 Å². The summed E-state index contributed by atoms with van der Waals surface area (Å²) in [6.45, 7) is 0. The molecule has 6 heteroatoms. The number of ketones is 1. The van der Waals surface area contributed by atoms with E-state index in [2.05, 4.69) is 20.9 Å². The normalized spacial score (nSPS) is 10.3. The van der Waals surface area contributed by atoms with Gasteiger partial charge in [0.1, 0.15) is 11.5 Å². The molecule has 0 bridgehead atoms. The lowest BCUT2D eigenvalue weighted by molar-refractivity contribution is 0.0691. The average molecular weight is 312 g/mol. The molecule has 0 fully saturated rings. The van der Waals surface area contributed by atoms with E-state index in [1.165, 1.54) is 24.4 Å². The number of nitrogens with one attached hydrogen (secondary N) is 1. The number of carboxylic acids is 1. The molecule has 0 saturated carbocycles. The minimum Gasteiger partial charge on any atom is -0.477 e. The van der Waals surface area contributed by atoms with Gasteiger partial charge in [-0.1, -0.05) is 0 Å². The number of carbonyl (C=O) groups is 2. The number of carbonyl (C=O) groups excluding carboxylic acids is 1. The fraction of sp³-hybridized carbons (Fsp3) is 0. The van der Waals surface area contributed by atoms with Gasteiger partial charge in [-0.15, -0.1) is 0 Å². The second-order valence-corrected chi connectivity index (χ2v) is 4.42. The number of hydrogen-bond donors (Lipinski definition) is 2. The van der Waals surface area contributed by atoms with Gasteiger partial charge < -0.3 is 10.1 Å². The number of rotatable bonds is 3. The van der Waals surface area contributed by atoms with Gasteiger partial charge in [-0.05, 0) is 40.2 Å². The van der Waals surface area contributed by atoms with Gasteiger partial charge in [-0.3, -0.25) is 4.79 Å². The maximum atomic E-state index is 13.3.